The predicted octanol–water partition coefficient (Wildman–Crippen LogP) is 7.37. The fourth-order valence-electron chi connectivity index (χ4n) is 3.42. The predicted molar refractivity (Wildman–Crippen MR) is 122 cm³/mol. The SMILES string of the molecule is Cc1ccc(/C(C#N)=C\c2cn(Cc3ccc(Cl)c(Cl)c3)c3ccccc23)cc1. The van der Waals surface area contributed by atoms with E-state index in [-0.39, 0.29) is 0 Å². The molecule has 0 spiro atoms. The Morgan fingerprint density at radius 2 is 1.76 bits per heavy atom. The standard InChI is InChI=1S/C25H18Cl2N2/c1-17-6-9-19(10-7-17)20(14-28)13-21-16-29(25-5-3-2-4-22(21)25)15-18-8-11-23(26)24(27)12-18/h2-13,16H,15H2,1H3/b20-13-. The first-order valence-corrected chi connectivity index (χ1v) is 10.0. The topological polar surface area (TPSA) is 28.7 Å². The minimum absolute atomic E-state index is 0.548. The Morgan fingerprint density at radius 3 is 2.48 bits per heavy atom. The molecule has 0 aliphatic carbocycles. The summed E-state index contributed by atoms with van der Waals surface area (Å²) in [6, 6.07) is 24.2. The average Bonchev–Trinajstić information content (AvgIpc) is 3.07. The molecule has 0 atom stereocenters. The lowest BCUT2D eigenvalue weighted by Gasteiger charge is -2.06. The number of aryl methyl sites for hydroxylation is 1. The number of nitrogens with zero attached hydrogens (tertiary/aromatic N) is 2. The van der Waals surface area contributed by atoms with Crippen molar-refractivity contribution in [2.75, 3.05) is 0 Å². The van der Waals surface area contributed by atoms with Gasteiger partial charge in [-0.15, -0.1) is 0 Å². The first kappa shape index (κ1) is 19.3. The molecule has 0 N–H and O–H groups in total. The molecule has 4 aromatic rings. The quantitative estimate of drug-likeness (QED) is 0.319. The minimum atomic E-state index is 0.548. The second-order valence-electron chi connectivity index (χ2n) is 7.01. The maximum Gasteiger partial charge on any atom is 0.0998 e. The van der Waals surface area contributed by atoms with E-state index in [0.29, 0.717) is 22.2 Å². The average molecular weight is 417 g/mol. The molecule has 142 valence electrons. The monoisotopic (exact) mass is 416 g/mol. The molecule has 3 aromatic carbocycles. The number of hydrogen-bond donors (Lipinski definition) is 0. The number of rotatable bonds is 4. The first-order valence-electron chi connectivity index (χ1n) is 9.26. The normalized spacial score (nSPS) is 11.6. The van der Waals surface area contributed by atoms with E-state index in [4.69, 9.17) is 23.2 Å². The number of allylic oxidation sites excluding steroid dienone is 1. The van der Waals surface area contributed by atoms with Gasteiger partial charge in [0.05, 0.1) is 21.7 Å². The van der Waals surface area contributed by atoms with E-state index in [1.807, 2.05) is 67.6 Å². The number of fused-ring (bicyclic) bond motifs is 1. The van der Waals surface area contributed by atoms with E-state index in [1.165, 1.54) is 5.56 Å². The summed E-state index contributed by atoms with van der Waals surface area (Å²) >= 11 is 12.2. The highest BCUT2D eigenvalue weighted by Gasteiger charge is 2.10. The van der Waals surface area contributed by atoms with Gasteiger partial charge in [0.25, 0.3) is 0 Å². The number of benzene rings is 3. The largest absolute Gasteiger partial charge is 0.342 e. The van der Waals surface area contributed by atoms with Crippen LogP contribution in [0.4, 0.5) is 0 Å². The molecule has 29 heavy (non-hydrogen) atoms. The zero-order valence-corrected chi connectivity index (χ0v) is 17.4. The summed E-state index contributed by atoms with van der Waals surface area (Å²) in [7, 11) is 0. The van der Waals surface area contributed by atoms with Crippen LogP contribution in [0.5, 0.6) is 0 Å². The van der Waals surface area contributed by atoms with Gasteiger partial charge in [0.15, 0.2) is 0 Å². The molecular weight excluding hydrogens is 399 g/mol. The van der Waals surface area contributed by atoms with Crippen LogP contribution in [-0.4, -0.2) is 4.57 Å². The molecule has 0 bridgehead atoms. The van der Waals surface area contributed by atoms with Crippen molar-refractivity contribution in [1.82, 2.24) is 4.57 Å². The Bertz CT molecular complexity index is 1260. The molecular formula is C25H18Cl2N2. The smallest absolute Gasteiger partial charge is 0.0998 e. The molecule has 0 unspecified atom stereocenters. The van der Waals surface area contributed by atoms with Crippen LogP contribution in [0.2, 0.25) is 10.0 Å². The third-order valence-corrected chi connectivity index (χ3v) is 5.68. The van der Waals surface area contributed by atoms with Gasteiger partial charge in [-0.1, -0.05) is 77.3 Å². The van der Waals surface area contributed by atoms with Crippen LogP contribution in [0.15, 0.2) is 72.9 Å². The zero-order chi connectivity index (χ0) is 20.4. The number of para-hydroxylation sites is 1. The van der Waals surface area contributed by atoms with E-state index < -0.39 is 0 Å². The van der Waals surface area contributed by atoms with E-state index >= 15 is 0 Å². The first-order chi connectivity index (χ1) is 14.0. The van der Waals surface area contributed by atoms with Gasteiger partial charge >= 0.3 is 0 Å². The summed E-state index contributed by atoms with van der Waals surface area (Å²) in [5, 5.41) is 11.9. The van der Waals surface area contributed by atoms with Crippen molar-refractivity contribution >= 4 is 45.8 Å². The van der Waals surface area contributed by atoms with Crippen LogP contribution < -0.4 is 0 Å². The van der Waals surface area contributed by atoms with Crippen molar-refractivity contribution in [1.29, 1.82) is 5.26 Å². The van der Waals surface area contributed by atoms with E-state index in [0.717, 1.165) is 27.6 Å². The molecule has 2 nitrogen and oxygen atoms in total. The molecule has 1 aromatic heterocycles. The number of halogens is 2. The summed E-state index contributed by atoms with van der Waals surface area (Å²) in [5.74, 6) is 0. The molecule has 0 aliphatic rings. The molecule has 0 fully saturated rings. The number of nitriles is 1. The van der Waals surface area contributed by atoms with Crippen molar-refractivity contribution in [2.24, 2.45) is 0 Å². The summed E-state index contributed by atoms with van der Waals surface area (Å²) in [6.45, 7) is 2.70. The van der Waals surface area contributed by atoms with Crippen molar-refractivity contribution in [3.05, 3.63) is 105 Å². The molecule has 4 rings (SSSR count). The van der Waals surface area contributed by atoms with Crippen LogP contribution in [0.1, 0.15) is 22.3 Å². The number of aromatic nitrogens is 1. The maximum absolute atomic E-state index is 9.73. The van der Waals surface area contributed by atoms with Crippen molar-refractivity contribution < 1.29 is 0 Å². The highest BCUT2D eigenvalue weighted by Crippen LogP contribution is 2.28. The molecule has 0 radical (unpaired) electrons. The van der Waals surface area contributed by atoms with Gasteiger partial charge in [-0.25, -0.2) is 0 Å². The van der Waals surface area contributed by atoms with Gasteiger partial charge in [0, 0.05) is 29.2 Å². The second-order valence-corrected chi connectivity index (χ2v) is 7.83. The second kappa shape index (κ2) is 8.17. The zero-order valence-electron chi connectivity index (χ0n) is 15.9. The Labute approximate surface area is 180 Å². The van der Waals surface area contributed by atoms with Crippen LogP contribution in [0.25, 0.3) is 22.6 Å². The van der Waals surface area contributed by atoms with Gasteiger partial charge < -0.3 is 4.57 Å². The Kier molecular flexibility index (Phi) is 5.45. The highest BCUT2D eigenvalue weighted by atomic mass is 35.5. The highest BCUT2D eigenvalue weighted by molar-refractivity contribution is 6.42. The lowest BCUT2D eigenvalue weighted by Crippen LogP contribution is -1.97. The summed E-state index contributed by atoms with van der Waals surface area (Å²) < 4.78 is 2.17. The summed E-state index contributed by atoms with van der Waals surface area (Å²) in [6.07, 6.45) is 4.04. The van der Waals surface area contributed by atoms with Crippen LogP contribution >= 0.6 is 23.2 Å². The van der Waals surface area contributed by atoms with Crippen molar-refractivity contribution in [3.8, 4) is 6.07 Å². The fraction of sp³-hybridized carbons (Fsp3) is 0.0800. The lowest BCUT2D eigenvalue weighted by molar-refractivity contribution is 0.836. The molecule has 0 amide bonds. The molecule has 0 saturated heterocycles. The Morgan fingerprint density at radius 1 is 1.00 bits per heavy atom. The number of hydrogen-bond acceptors (Lipinski definition) is 1. The van der Waals surface area contributed by atoms with Crippen LogP contribution in [0.3, 0.4) is 0 Å². The van der Waals surface area contributed by atoms with E-state index in [2.05, 4.69) is 29.0 Å². The van der Waals surface area contributed by atoms with Gasteiger partial charge in [-0.3, -0.25) is 0 Å². The maximum atomic E-state index is 9.73. The van der Waals surface area contributed by atoms with Crippen LogP contribution in [-0.2, 0) is 6.54 Å². The van der Waals surface area contributed by atoms with Crippen molar-refractivity contribution in [2.45, 2.75) is 13.5 Å². The summed E-state index contributed by atoms with van der Waals surface area (Å²) in [5.41, 5.74) is 5.91. The van der Waals surface area contributed by atoms with Crippen molar-refractivity contribution in [3.63, 3.8) is 0 Å². The van der Waals surface area contributed by atoms with Gasteiger partial charge in [0.1, 0.15) is 0 Å². The van der Waals surface area contributed by atoms with E-state index in [9.17, 15) is 5.26 Å². The molecule has 0 saturated carbocycles. The molecule has 0 aliphatic heterocycles. The van der Waals surface area contributed by atoms with Gasteiger partial charge in [-0.05, 0) is 42.3 Å². The lowest BCUT2D eigenvalue weighted by atomic mass is 10.0. The summed E-state index contributed by atoms with van der Waals surface area (Å²) in [4.78, 5) is 0. The van der Waals surface area contributed by atoms with Crippen LogP contribution in [0, 0.1) is 18.3 Å². The van der Waals surface area contributed by atoms with Gasteiger partial charge in [0.2, 0.25) is 0 Å². The Balaban J connectivity index is 1.78. The molecule has 1 heterocycles. The third kappa shape index (κ3) is 4.07. The van der Waals surface area contributed by atoms with E-state index in [1.54, 1.807) is 0 Å². The molecule has 4 heteroatoms. The Hall–Kier alpha value is -2.99. The van der Waals surface area contributed by atoms with Gasteiger partial charge in [-0.2, -0.15) is 5.26 Å². The fourth-order valence-corrected chi connectivity index (χ4v) is 3.75. The minimum Gasteiger partial charge on any atom is -0.342 e. The third-order valence-electron chi connectivity index (χ3n) is 4.94.